The molecule has 1 aromatic heterocycles. The second-order valence-corrected chi connectivity index (χ2v) is 12.0. The molecule has 1 amide bonds. The average Bonchev–Trinajstić information content (AvgIpc) is 2.97. The molecule has 0 N–H and O–H groups in total. The van der Waals surface area contributed by atoms with E-state index >= 15 is 0 Å². The van der Waals surface area contributed by atoms with Crippen LogP contribution in [0.2, 0.25) is 0 Å². The van der Waals surface area contributed by atoms with Crippen molar-refractivity contribution >= 4 is 47.3 Å². The lowest BCUT2D eigenvalue weighted by molar-refractivity contribution is -0.122. The molecule has 0 bridgehead atoms. The van der Waals surface area contributed by atoms with Crippen molar-refractivity contribution in [2.24, 2.45) is 10.9 Å². The Balaban J connectivity index is 2.03. The summed E-state index contributed by atoms with van der Waals surface area (Å²) in [5, 5.41) is 0. The molecule has 1 atom stereocenters. The van der Waals surface area contributed by atoms with Crippen molar-refractivity contribution < 1.29 is 21.6 Å². The molecule has 1 saturated heterocycles. The maximum Gasteiger partial charge on any atom is 0.252 e. The molecule has 2 aromatic rings. The minimum absolute atomic E-state index is 0.111. The highest BCUT2D eigenvalue weighted by molar-refractivity contribution is 7.90. The summed E-state index contributed by atoms with van der Waals surface area (Å²) in [6.45, 7) is 0.681. The maximum absolute atomic E-state index is 12.8. The summed E-state index contributed by atoms with van der Waals surface area (Å²) in [4.78, 5) is 17.5. The van der Waals surface area contributed by atoms with Crippen LogP contribution in [0.5, 0.6) is 0 Å². The van der Waals surface area contributed by atoms with Gasteiger partial charge in [0.15, 0.2) is 14.6 Å². The average molecular weight is 456 g/mol. The highest BCUT2D eigenvalue weighted by Gasteiger charge is 2.30. The molecule has 0 saturated carbocycles. The quantitative estimate of drug-likeness (QED) is 0.635. The van der Waals surface area contributed by atoms with Gasteiger partial charge in [-0.3, -0.25) is 4.79 Å². The summed E-state index contributed by atoms with van der Waals surface area (Å²) >= 11 is 1.18. The van der Waals surface area contributed by atoms with Gasteiger partial charge in [-0.1, -0.05) is 17.3 Å². The Morgan fingerprint density at radius 1 is 1.31 bits per heavy atom. The number of terminal acetylenes is 1. The van der Waals surface area contributed by atoms with E-state index < -0.39 is 31.7 Å². The van der Waals surface area contributed by atoms with Crippen molar-refractivity contribution in [3.05, 3.63) is 23.0 Å². The highest BCUT2D eigenvalue weighted by Crippen LogP contribution is 2.23. The van der Waals surface area contributed by atoms with Crippen molar-refractivity contribution in [3.63, 3.8) is 0 Å². The van der Waals surface area contributed by atoms with Crippen LogP contribution in [-0.2, 0) is 31.2 Å². The molecule has 1 unspecified atom stereocenters. The highest BCUT2D eigenvalue weighted by atomic mass is 32.2. The fourth-order valence-corrected chi connectivity index (χ4v) is 5.95. The van der Waals surface area contributed by atoms with Crippen molar-refractivity contribution in [1.82, 2.24) is 8.87 Å². The molecular formula is C18H21N3O5S3. The van der Waals surface area contributed by atoms with E-state index in [0.29, 0.717) is 34.4 Å². The molecule has 8 nitrogen and oxygen atoms in total. The predicted molar refractivity (Wildman–Crippen MR) is 111 cm³/mol. The molecule has 156 valence electrons. The van der Waals surface area contributed by atoms with E-state index in [9.17, 15) is 21.6 Å². The Kier molecular flexibility index (Phi) is 6.01. The number of hydrogen-bond acceptors (Lipinski definition) is 6. The first-order valence-corrected chi connectivity index (χ1v) is 13.4. The SMILES string of the molecule is C#CCn1c(=NC(=O)C2CCCN(S(C)(=O)=O)C2)sc2cc(S(C)(=O)=O)ccc21. The normalized spacial score (nSPS) is 19.3. The number of sulfone groups is 1. The number of nitrogens with zero attached hydrogens (tertiary/aromatic N) is 3. The van der Waals surface area contributed by atoms with Gasteiger partial charge in [-0.25, -0.2) is 21.1 Å². The fourth-order valence-electron chi connectivity index (χ4n) is 3.24. The number of carbonyl (C=O) groups is 1. The van der Waals surface area contributed by atoms with Gasteiger partial charge in [0.2, 0.25) is 10.0 Å². The van der Waals surface area contributed by atoms with Gasteiger partial charge >= 0.3 is 0 Å². The lowest BCUT2D eigenvalue weighted by Gasteiger charge is -2.28. The third-order valence-corrected chi connectivity index (χ3v) is 8.16. The second kappa shape index (κ2) is 8.02. The molecule has 3 rings (SSSR count). The van der Waals surface area contributed by atoms with Crippen molar-refractivity contribution in [1.29, 1.82) is 0 Å². The number of sulfonamides is 1. The topological polar surface area (TPSA) is 106 Å². The molecule has 29 heavy (non-hydrogen) atoms. The van der Waals surface area contributed by atoms with E-state index in [2.05, 4.69) is 10.9 Å². The minimum Gasteiger partial charge on any atom is -0.305 e. The molecule has 0 radical (unpaired) electrons. The number of fused-ring (bicyclic) bond motifs is 1. The number of carbonyl (C=O) groups excluding carboxylic acids is 1. The van der Waals surface area contributed by atoms with Crippen LogP contribution in [0, 0.1) is 18.3 Å². The van der Waals surface area contributed by atoms with Gasteiger partial charge in [-0.2, -0.15) is 4.99 Å². The van der Waals surface area contributed by atoms with Crippen LogP contribution in [0.3, 0.4) is 0 Å². The number of amides is 1. The number of rotatable bonds is 4. The lowest BCUT2D eigenvalue weighted by atomic mass is 9.99. The Labute approximate surface area is 173 Å². The summed E-state index contributed by atoms with van der Waals surface area (Å²) in [5.74, 6) is 1.60. The largest absolute Gasteiger partial charge is 0.305 e. The molecule has 1 fully saturated rings. The summed E-state index contributed by atoms with van der Waals surface area (Å²) < 4.78 is 50.9. The monoisotopic (exact) mass is 455 g/mol. The molecule has 11 heteroatoms. The van der Waals surface area contributed by atoms with Crippen molar-refractivity contribution in [2.45, 2.75) is 24.3 Å². The molecule has 2 heterocycles. The van der Waals surface area contributed by atoms with Crippen LogP contribution in [0.4, 0.5) is 0 Å². The standard InChI is InChI=1S/C18H21N3O5S3/c1-4-9-21-15-8-7-14(28(2,23)24)11-16(15)27-18(21)19-17(22)13-6-5-10-20(12-13)29(3,25)26/h1,7-8,11,13H,5-6,9-10,12H2,2-3H3. The molecule has 1 aliphatic rings. The van der Waals surface area contributed by atoms with E-state index in [1.54, 1.807) is 10.6 Å². The Hall–Kier alpha value is -2.00. The zero-order chi connectivity index (χ0) is 21.4. The van der Waals surface area contributed by atoms with E-state index in [0.717, 1.165) is 12.5 Å². The Bertz CT molecular complexity index is 1280. The van der Waals surface area contributed by atoms with Gasteiger partial charge in [0.1, 0.15) is 0 Å². The molecule has 0 spiro atoms. The summed E-state index contributed by atoms with van der Waals surface area (Å²) in [7, 11) is -6.74. The number of hydrogen-bond donors (Lipinski definition) is 0. The lowest BCUT2D eigenvalue weighted by Crippen LogP contribution is -2.41. The van der Waals surface area contributed by atoms with Gasteiger partial charge in [-0.15, -0.1) is 6.42 Å². The van der Waals surface area contributed by atoms with E-state index in [1.165, 1.54) is 27.8 Å². The van der Waals surface area contributed by atoms with Gasteiger partial charge in [0.05, 0.1) is 33.8 Å². The number of aromatic nitrogens is 1. The number of thiazole rings is 1. The van der Waals surface area contributed by atoms with E-state index in [-0.39, 0.29) is 18.0 Å². The van der Waals surface area contributed by atoms with Crippen molar-refractivity contribution in [2.75, 3.05) is 25.6 Å². The Morgan fingerprint density at radius 3 is 2.66 bits per heavy atom. The van der Waals surface area contributed by atoms with E-state index in [4.69, 9.17) is 6.42 Å². The van der Waals surface area contributed by atoms with Crippen LogP contribution < -0.4 is 4.80 Å². The summed E-state index contributed by atoms with van der Waals surface area (Å²) in [6.07, 6.45) is 8.87. The third kappa shape index (κ3) is 4.78. The summed E-state index contributed by atoms with van der Waals surface area (Å²) in [5.41, 5.74) is 0.688. The first kappa shape index (κ1) is 21.7. The second-order valence-electron chi connectivity index (χ2n) is 6.99. The zero-order valence-corrected chi connectivity index (χ0v) is 18.5. The molecular weight excluding hydrogens is 434 g/mol. The smallest absolute Gasteiger partial charge is 0.252 e. The fraction of sp³-hybridized carbons (Fsp3) is 0.444. The van der Waals surface area contributed by atoms with Gasteiger partial charge in [0, 0.05) is 19.3 Å². The number of benzene rings is 1. The van der Waals surface area contributed by atoms with Crippen LogP contribution in [0.15, 0.2) is 28.1 Å². The minimum atomic E-state index is -3.37. The van der Waals surface area contributed by atoms with Gasteiger partial charge in [0.25, 0.3) is 5.91 Å². The van der Waals surface area contributed by atoms with Crippen LogP contribution >= 0.6 is 11.3 Å². The molecule has 1 aromatic carbocycles. The van der Waals surface area contributed by atoms with Gasteiger partial charge < -0.3 is 4.57 Å². The first-order valence-electron chi connectivity index (χ1n) is 8.81. The molecule has 0 aliphatic carbocycles. The third-order valence-electron chi connectivity index (χ3n) is 4.74. The van der Waals surface area contributed by atoms with Crippen molar-refractivity contribution in [3.8, 4) is 12.3 Å². The van der Waals surface area contributed by atoms with Crippen LogP contribution in [0.1, 0.15) is 12.8 Å². The number of piperidine rings is 1. The molecule has 1 aliphatic heterocycles. The van der Waals surface area contributed by atoms with Gasteiger partial charge in [-0.05, 0) is 31.0 Å². The van der Waals surface area contributed by atoms with Crippen LogP contribution in [0.25, 0.3) is 10.2 Å². The predicted octanol–water partition coefficient (Wildman–Crippen LogP) is 0.838. The maximum atomic E-state index is 12.8. The zero-order valence-electron chi connectivity index (χ0n) is 16.0. The first-order chi connectivity index (χ1) is 13.5. The summed E-state index contributed by atoms with van der Waals surface area (Å²) in [6, 6.07) is 4.68. The van der Waals surface area contributed by atoms with Crippen LogP contribution in [-0.4, -0.2) is 57.2 Å². The Morgan fingerprint density at radius 2 is 2.03 bits per heavy atom. The van der Waals surface area contributed by atoms with E-state index in [1.807, 2.05) is 0 Å².